The molecule has 1 aliphatic heterocycles. The van der Waals surface area contributed by atoms with Crippen molar-refractivity contribution in [2.75, 3.05) is 31.6 Å². The van der Waals surface area contributed by atoms with Gasteiger partial charge < -0.3 is 15.0 Å². The Labute approximate surface area is 122 Å². The molecule has 1 saturated heterocycles. The van der Waals surface area contributed by atoms with E-state index in [-0.39, 0.29) is 5.54 Å². The molecule has 0 spiro atoms. The van der Waals surface area contributed by atoms with E-state index >= 15 is 0 Å². The smallest absolute Gasteiger partial charge is 0.142 e. The largest absolute Gasteiger partial charge is 0.495 e. The topological polar surface area (TPSA) is 24.5 Å². The molecule has 1 unspecified atom stereocenters. The molecule has 2 fully saturated rings. The third kappa shape index (κ3) is 2.64. The third-order valence-corrected chi connectivity index (χ3v) is 4.81. The highest BCUT2D eigenvalue weighted by molar-refractivity contribution is 5.60. The maximum atomic E-state index is 5.58. The van der Waals surface area contributed by atoms with Crippen molar-refractivity contribution in [1.29, 1.82) is 0 Å². The van der Waals surface area contributed by atoms with Crippen LogP contribution >= 0.6 is 0 Å². The highest BCUT2D eigenvalue weighted by atomic mass is 16.5. The van der Waals surface area contributed by atoms with Crippen molar-refractivity contribution >= 4 is 5.69 Å². The summed E-state index contributed by atoms with van der Waals surface area (Å²) in [6.45, 7) is 7.86. The Morgan fingerprint density at radius 2 is 2.15 bits per heavy atom. The molecule has 1 aromatic carbocycles. The monoisotopic (exact) mass is 274 g/mol. The zero-order chi connectivity index (χ0) is 14.2. The molecule has 1 heterocycles. The fraction of sp³-hybridized carbons (Fsp3) is 0.647. The molecule has 1 aliphatic carbocycles. The molecule has 0 radical (unpaired) electrons. The first-order chi connectivity index (χ1) is 9.62. The number of rotatable bonds is 3. The average Bonchev–Trinajstić information content (AvgIpc) is 3.26. The van der Waals surface area contributed by atoms with Crippen LogP contribution in [0.15, 0.2) is 18.2 Å². The van der Waals surface area contributed by atoms with E-state index in [0.29, 0.717) is 0 Å². The average molecular weight is 274 g/mol. The molecular weight excluding hydrogens is 248 g/mol. The van der Waals surface area contributed by atoms with Crippen LogP contribution in [0, 0.1) is 12.8 Å². The number of methoxy groups -OCH3 is 1. The normalized spacial score (nSPS) is 27.2. The van der Waals surface area contributed by atoms with E-state index in [9.17, 15) is 0 Å². The van der Waals surface area contributed by atoms with Gasteiger partial charge in [-0.1, -0.05) is 6.07 Å². The van der Waals surface area contributed by atoms with Gasteiger partial charge in [0, 0.05) is 18.6 Å². The van der Waals surface area contributed by atoms with Gasteiger partial charge >= 0.3 is 0 Å². The van der Waals surface area contributed by atoms with E-state index < -0.39 is 0 Å². The Morgan fingerprint density at radius 3 is 2.85 bits per heavy atom. The summed E-state index contributed by atoms with van der Waals surface area (Å²) in [5, 5.41) is 3.79. The third-order valence-electron chi connectivity index (χ3n) is 4.81. The molecule has 1 N–H and O–H groups in total. The molecule has 1 aromatic rings. The predicted octanol–water partition coefficient (Wildman–Crippen LogP) is 2.97. The summed E-state index contributed by atoms with van der Waals surface area (Å²) < 4.78 is 5.58. The van der Waals surface area contributed by atoms with Crippen LogP contribution in [-0.2, 0) is 0 Å². The zero-order valence-corrected chi connectivity index (χ0v) is 12.9. The van der Waals surface area contributed by atoms with E-state index in [0.717, 1.165) is 31.3 Å². The summed E-state index contributed by atoms with van der Waals surface area (Å²) in [5.74, 6) is 1.84. The van der Waals surface area contributed by atoms with E-state index in [4.69, 9.17) is 4.74 Å². The number of nitrogens with one attached hydrogen (secondary N) is 1. The summed E-state index contributed by atoms with van der Waals surface area (Å²) in [6.07, 6.45) is 3.95. The number of hydrogen-bond acceptors (Lipinski definition) is 3. The van der Waals surface area contributed by atoms with E-state index in [1.165, 1.54) is 30.5 Å². The van der Waals surface area contributed by atoms with Crippen molar-refractivity contribution in [2.24, 2.45) is 5.92 Å². The molecule has 3 heteroatoms. The molecule has 3 nitrogen and oxygen atoms in total. The lowest BCUT2D eigenvalue weighted by Crippen LogP contribution is -2.51. The van der Waals surface area contributed by atoms with Gasteiger partial charge in [-0.2, -0.15) is 0 Å². The molecule has 110 valence electrons. The van der Waals surface area contributed by atoms with Crippen LogP contribution in [0.4, 0.5) is 5.69 Å². The lowest BCUT2D eigenvalue weighted by atomic mass is 9.95. The van der Waals surface area contributed by atoms with E-state index in [1.54, 1.807) is 7.11 Å². The molecule has 2 aliphatic rings. The maximum absolute atomic E-state index is 5.58. The van der Waals surface area contributed by atoms with Gasteiger partial charge in [0.1, 0.15) is 5.75 Å². The summed E-state index contributed by atoms with van der Waals surface area (Å²) in [4.78, 5) is 2.52. The van der Waals surface area contributed by atoms with Crippen LogP contribution in [0.2, 0.25) is 0 Å². The number of aryl methyl sites for hydroxylation is 1. The summed E-state index contributed by atoms with van der Waals surface area (Å²) >= 11 is 0. The molecule has 0 aromatic heterocycles. The second kappa shape index (κ2) is 5.28. The Balaban J connectivity index is 1.89. The number of benzene rings is 1. The van der Waals surface area contributed by atoms with Crippen LogP contribution in [0.3, 0.4) is 0 Å². The number of nitrogens with zero attached hydrogens (tertiary/aromatic N) is 1. The quantitative estimate of drug-likeness (QED) is 0.917. The first kappa shape index (κ1) is 13.7. The highest BCUT2D eigenvalue weighted by Gasteiger charge is 2.43. The van der Waals surface area contributed by atoms with Crippen LogP contribution < -0.4 is 15.0 Å². The Morgan fingerprint density at radius 1 is 1.35 bits per heavy atom. The number of hydrogen-bond donors (Lipinski definition) is 1. The van der Waals surface area contributed by atoms with Gasteiger partial charge in [-0.05, 0) is 63.3 Å². The molecule has 20 heavy (non-hydrogen) atoms. The van der Waals surface area contributed by atoms with Crippen molar-refractivity contribution in [3.63, 3.8) is 0 Å². The SMILES string of the molecule is COc1ccc(C)cc1N1CCCNC(C)(C2CC2)C1. The second-order valence-electron chi connectivity index (χ2n) is 6.57. The van der Waals surface area contributed by atoms with Gasteiger partial charge in [-0.25, -0.2) is 0 Å². The van der Waals surface area contributed by atoms with Gasteiger partial charge in [0.25, 0.3) is 0 Å². The summed E-state index contributed by atoms with van der Waals surface area (Å²) in [6, 6.07) is 6.48. The Hall–Kier alpha value is -1.22. The molecule has 3 rings (SSSR count). The first-order valence-electron chi connectivity index (χ1n) is 7.77. The fourth-order valence-electron chi connectivity index (χ4n) is 3.42. The fourth-order valence-corrected chi connectivity index (χ4v) is 3.42. The minimum Gasteiger partial charge on any atom is -0.495 e. The lowest BCUT2D eigenvalue weighted by molar-refractivity contribution is 0.330. The van der Waals surface area contributed by atoms with Crippen LogP contribution in [-0.4, -0.2) is 32.3 Å². The van der Waals surface area contributed by atoms with Crippen molar-refractivity contribution in [3.05, 3.63) is 23.8 Å². The highest BCUT2D eigenvalue weighted by Crippen LogP contribution is 2.42. The Kier molecular flexibility index (Phi) is 3.63. The van der Waals surface area contributed by atoms with Crippen LogP contribution in [0.1, 0.15) is 31.7 Å². The molecular formula is C17H26N2O. The van der Waals surface area contributed by atoms with Crippen molar-refractivity contribution in [3.8, 4) is 5.75 Å². The molecule has 0 amide bonds. The summed E-state index contributed by atoms with van der Waals surface area (Å²) in [5.41, 5.74) is 2.81. The van der Waals surface area contributed by atoms with E-state index in [1.807, 2.05) is 0 Å². The molecule has 1 saturated carbocycles. The molecule has 1 atom stereocenters. The second-order valence-corrected chi connectivity index (χ2v) is 6.57. The van der Waals surface area contributed by atoms with Gasteiger partial charge in [0.15, 0.2) is 0 Å². The summed E-state index contributed by atoms with van der Waals surface area (Å²) in [7, 11) is 1.77. The van der Waals surface area contributed by atoms with Gasteiger partial charge in [-0.15, -0.1) is 0 Å². The molecule has 0 bridgehead atoms. The van der Waals surface area contributed by atoms with Crippen LogP contribution in [0.5, 0.6) is 5.75 Å². The van der Waals surface area contributed by atoms with Crippen molar-refractivity contribution in [1.82, 2.24) is 5.32 Å². The van der Waals surface area contributed by atoms with Crippen molar-refractivity contribution in [2.45, 2.75) is 38.6 Å². The van der Waals surface area contributed by atoms with Gasteiger partial charge in [-0.3, -0.25) is 0 Å². The minimum atomic E-state index is 0.255. The standard InChI is InChI=1S/C17H26N2O/c1-13-5-8-16(20-3)15(11-13)19-10-4-9-18-17(2,12-19)14-6-7-14/h5,8,11,14,18H,4,6-7,9-10,12H2,1-3H3. The maximum Gasteiger partial charge on any atom is 0.142 e. The van der Waals surface area contributed by atoms with Crippen LogP contribution in [0.25, 0.3) is 0 Å². The van der Waals surface area contributed by atoms with E-state index in [2.05, 4.69) is 42.3 Å². The number of anilines is 1. The van der Waals surface area contributed by atoms with Crippen molar-refractivity contribution < 1.29 is 4.74 Å². The van der Waals surface area contributed by atoms with Gasteiger partial charge in [0.2, 0.25) is 0 Å². The zero-order valence-electron chi connectivity index (χ0n) is 12.9. The minimum absolute atomic E-state index is 0.255. The predicted molar refractivity (Wildman–Crippen MR) is 83.7 cm³/mol. The lowest BCUT2D eigenvalue weighted by Gasteiger charge is -2.35. The number of ether oxygens (including phenoxy) is 1. The Bertz CT molecular complexity index is 484. The first-order valence-corrected chi connectivity index (χ1v) is 7.77. The van der Waals surface area contributed by atoms with Gasteiger partial charge in [0.05, 0.1) is 12.8 Å².